The number of aromatic nitrogens is 1. The molecule has 0 aliphatic heterocycles. The summed E-state index contributed by atoms with van der Waals surface area (Å²) in [4.78, 5) is 3.45. The topological polar surface area (TPSA) is 12.9 Å². The van der Waals surface area contributed by atoms with Crippen LogP contribution in [0.1, 0.15) is 0 Å². The molecule has 0 fully saturated rings. The van der Waals surface area contributed by atoms with E-state index in [1.165, 1.54) is 12.3 Å². The molecule has 1 aromatic heterocycles. The van der Waals surface area contributed by atoms with Gasteiger partial charge in [-0.1, -0.05) is 6.20 Å². The van der Waals surface area contributed by atoms with E-state index in [1.807, 2.05) is 0 Å². The molecule has 1 nitrogen and oxygen atoms in total. The quantitative estimate of drug-likeness (QED) is 0.302. The maximum absolute atomic E-state index is 11.8. The van der Waals surface area contributed by atoms with Gasteiger partial charge in [0.2, 0.25) is 0 Å². The minimum absolute atomic E-state index is 0. The number of hydrogen-bond acceptors (Lipinski definition) is 1. The second-order valence-corrected chi connectivity index (χ2v) is 1.10. The molecule has 0 saturated heterocycles. The molecule has 1 rings (SSSR count). The molecule has 1 heterocycles. The summed E-state index contributed by atoms with van der Waals surface area (Å²) in [6.07, 6.45) is 2.54. The van der Waals surface area contributed by atoms with E-state index < -0.39 is 0 Å². The van der Waals surface area contributed by atoms with Gasteiger partial charge in [0, 0.05) is 0 Å². The van der Waals surface area contributed by atoms with Crippen molar-refractivity contribution in [3.8, 4) is 0 Å². The molecule has 4 heteroatoms. The molecule has 0 unspecified atom stereocenters. The van der Waals surface area contributed by atoms with Crippen LogP contribution in [0.25, 0.3) is 0 Å². The average molecular weight is 156 g/mol. The van der Waals surface area contributed by atoms with Crippen LogP contribution in [-0.2, 0) is 0 Å². The molecule has 0 spiro atoms. The van der Waals surface area contributed by atoms with Crippen LogP contribution >= 0.6 is 0 Å². The fourth-order valence-corrected chi connectivity index (χ4v) is 0.306. The summed E-state index contributed by atoms with van der Waals surface area (Å²) in [6.45, 7) is 0. The molecule has 0 aromatic carbocycles. The molecular weight excluding hydrogens is 153 g/mol. The molecule has 0 N–H and O–H groups in total. The van der Waals surface area contributed by atoms with Gasteiger partial charge in [-0.3, -0.25) is 0 Å². The van der Waals surface area contributed by atoms with E-state index in [4.69, 9.17) is 0 Å². The number of rotatable bonds is 0. The first-order valence-electron chi connectivity index (χ1n) is 1.86. The summed E-state index contributed by atoms with van der Waals surface area (Å²) in [5.74, 6) is -0.345. The molecule has 0 bridgehead atoms. The van der Waals surface area contributed by atoms with Gasteiger partial charge in [0.05, 0.1) is 0 Å². The third kappa shape index (κ3) is 4.63. The van der Waals surface area contributed by atoms with E-state index in [9.17, 15) is 4.39 Å². The van der Waals surface area contributed by atoms with Crippen molar-refractivity contribution in [1.29, 1.82) is 0 Å². The number of halogens is 2. The van der Waals surface area contributed by atoms with Crippen LogP contribution in [0.15, 0.2) is 18.5 Å². The van der Waals surface area contributed by atoms with Crippen molar-refractivity contribution in [2.24, 2.45) is 0 Å². The maximum Gasteiger partial charge on any atom is 2.00 e. The fraction of sp³-hybridized carbons (Fsp3) is 0. The molecule has 0 atom stereocenters. The van der Waals surface area contributed by atoms with Gasteiger partial charge in [-0.15, -0.1) is 0 Å². The van der Waals surface area contributed by atoms with Crippen molar-refractivity contribution in [3.63, 3.8) is 0 Å². The number of hydrogen-bond donors (Lipinski definition) is 0. The van der Waals surface area contributed by atoms with Crippen molar-refractivity contribution in [2.45, 2.75) is 0 Å². The number of pyridine rings is 1. The zero-order valence-electron chi connectivity index (χ0n) is 4.64. The second-order valence-electron chi connectivity index (χ2n) is 1.10. The third-order valence-corrected chi connectivity index (χ3v) is 0.568. The van der Waals surface area contributed by atoms with Crippen molar-refractivity contribution >= 4 is 23.1 Å². The normalized spacial score (nSPS) is 6.78. The summed E-state index contributed by atoms with van der Waals surface area (Å²) >= 11 is 0. The largest absolute Gasteiger partial charge is 2.00 e. The standard InChI is InChI=1S/C5H3FN.ClH.Mg/c6-5-2-1-3-7-4-5;;/h2-4H;1H;/q-1;;+2/p-1. The van der Waals surface area contributed by atoms with E-state index in [0.717, 1.165) is 6.20 Å². The van der Waals surface area contributed by atoms with Gasteiger partial charge in [0.1, 0.15) is 0 Å². The van der Waals surface area contributed by atoms with E-state index in [1.54, 1.807) is 0 Å². The van der Waals surface area contributed by atoms with E-state index >= 15 is 0 Å². The van der Waals surface area contributed by atoms with Crippen molar-refractivity contribution < 1.29 is 16.8 Å². The predicted octanol–water partition coefficient (Wildman–Crippen LogP) is -2.36. The smallest absolute Gasteiger partial charge is 1.00 e. The summed E-state index contributed by atoms with van der Waals surface area (Å²) in [5.41, 5.74) is 0. The minimum Gasteiger partial charge on any atom is -1.00 e. The predicted molar refractivity (Wildman–Crippen MR) is 28.8 cm³/mol. The molecule has 44 valence electrons. The Morgan fingerprint density at radius 2 is 2.22 bits per heavy atom. The zero-order valence-corrected chi connectivity index (χ0v) is 6.81. The van der Waals surface area contributed by atoms with E-state index in [2.05, 4.69) is 11.1 Å². The second kappa shape index (κ2) is 6.26. The maximum atomic E-state index is 11.8. The van der Waals surface area contributed by atoms with Crippen molar-refractivity contribution in [3.05, 3.63) is 30.3 Å². The molecule has 0 aliphatic carbocycles. The summed E-state index contributed by atoms with van der Waals surface area (Å²) in [7, 11) is 0. The zero-order chi connectivity index (χ0) is 5.11. The van der Waals surface area contributed by atoms with Gasteiger partial charge < -0.3 is 21.8 Å². The van der Waals surface area contributed by atoms with Gasteiger partial charge in [0.25, 0.3) is 0 Å². The van der Waals surface area contributed by atoms with Crippen LogP contribution < -0.4 is 12.4 Å². The molecule has 9 heavy (non-hydrogen) atoms. The Bertz CT molecular complexity index is 147. The van der Waals surface area contributed by atoms with Gasteiger partial charge in [-0.25, -0.2) is 6.07 Å². The Hall–Kier alpha value is 0.136. The molecule has 0 saturated carbocycles. The van der Waals surface area contributed by atoms with Crippen molar-refractivity contribution in [2.75, 3.05) is 0 Å². The molecule has 0 aliphatic rings. The molecule has 1 aromatic rings. The molecular formula is C5H3ClFMgN. The van der Waals surface area contributed by atoms with Crippen LogP contribution in [0.3, 0.4) is 0 Å². The first-order chi connectivity index (χ1) is 3.39. The first kappa shape index (κ1) is 11.9. The Morgan fingerprint density at radius 1 is 1.56 bits per heavy atom. The monoisotopic (exact) mass is 155 g/mol. The van der Waals surface area contributed by atoms with Crippen LogP contribution in [0.5, 0.6) is 0 Å². The molecule has 0 amide bonds. The Labute approximate surface area is 75.2 Å². The average Bonchev–Trinajstić information content (AvgIpc) is 1.69. The summed E-state index contributed by atoms with van der Waals surface area (Å²) < 4.78 is 11.8. The van der Waals surface area contributed by atoms with Gasteiger partial charge in [0.15, 0.2) is 0 Å². The minimum atomic E-state index is -0.345. The van der Waals surface area contributed by atoms with Gasteiger partial charge >= 0.3 is 23.1 Å². The Balaban J connectivity index is 0. The summed E-state index contributed by atoms with van der Waals surface area (Å²) in [5, 5.41) is 0. The van der Waals surface area contributed by atoms with Crippen LogP contribution in [0.4, 0.5) is 4.39 Å². The SMILES string of the molecule is Fc1c[c-]cnc1.[Cl-].[Mg+2]. The fourth-order valence-electron chi connectivity index (χ4n) is 0.306. The van der Waals surface area contributed by atoms with E-state index in [0.29, 0.717) is 0 Å². The third-order valence-electron chi connectivity index (χ3n) is 0.568. The van der Waals surface area contributed by atoms with E-state index in [-0.39, 0.29) is 41.3 Å². The van der Waals surface area contributed by atoms with Gasteiger partial charge in [-0.2, -0.15) is 6.07 Å². The van der Waals surface area contributed by atoms with Crippen LogP contribution in [0, 0.1) is 11.9 Å². The summed E-state index contributed by atoms with van der Waals surface area (Å²) in [6, 6.07) is 3.70. The van der Waals surface area contributed by atoms with Gasteiger partial charge in [-0.05, 0) is 12.0 Å². The first-order valence-corrected chi connectivity index (χ1v) is 1.86. The van der Waals surface area contributed by atoms with Crippen LogP contribution in [0.2, 0.25) is 0 Å². The van der Waals surface area contributed by atoms with Crippen molar-refractivity contribution in [1.82, 2.24) is 4.98 Å². The van der Waals surface area contributed by atoms with Crippen LogP contribution in [-0.4, -0.2) is 28.0 Å². The molecule has 0 radical (unpaired) electrons. The Morgan fingerprint density at radius 3 is 2.44 bits per heavy atom. The number of nitrogens with zero attached hydrogens (tertiary/aromatic N) is 1. The Kier molecular flexibility index (Phi) is 8.26.